The average molecular weight is 394 g/mol. The fourth-order valence-corrected chi connectivity index (χ4v) is 3.47. The van der Waals surface area contributed by atoms with Crippen molar-refractivity contribution in [2.45, 2.75) is 6.42 Å². The van der Waals surface area contributed by atoms with E-state index in [1.54, 1.807) is 25.6 Å². The normalized spacial score (nSPS) is 10.9. The van der Waals surface area contributed by atoms with E-state index < -0.39 is 5.97 Å². The van der Waals surface area contributed by atoms with Gasteiger partial charge in [-0.25, -0.2) is 9.78 Å². The zero-order valence-electron chi connectivity index (χ0n) is 14.9. The van der Waals surface area contributed by atoms with Crippen LogP contribution in [0.15, 0.2) is 54.9 Å². The number of fused-ring (bicyclic) bond motifs is 1. The SMILES string of the molecule is COc1cc2c(Cc3cccc(C(=O)O)n3)c(-c3cccnc3)[nH]c2cc1Cl. The molecule has 0 aliphatic heterocycles. The Hall–Kier alpha value is -3.38. The molecule has 3 aromatic heterocycles. The van der Waals surface area contributed by atoms with Gasteiger partial charge in [-0.05, 0) is 42.0 Å². The first-order valence-electron chi connectivity index (χ1n) is 8.54. The van der Waals surface area contributed by atoms with Gasteiger partial charge in [0, 0.05) is 41.0 Å². The molecule has 0 spiro atoms. The molecular formula is C21H16ClN3O3. The molecule has 3 heterocycles. The summed E-state index contributed by atoms with van der Waals surface area (Å²) >= 11 is 6.29. The minimum absolute atomic E-state index is 0.0147. The highest BCUT2D eigenvalue weighted by atomic mass is 35.5. The van der Waals surface area contributed by atoms with Crippen LogP contribution in [0.4, 0.5) is 0 Å². The zero-order chi connectivity index (χ0) is 19.7. The Labute approximate surface area is 165 Å². The van der Waals surface area contributed by atoms with E-state index in [2.05, 4.69) is 15.0 Å². The fourth-order valence-electron chi connectivity index (χ4n) is 3.23. The van der Waals surface area contributed by atoms with Crippen molar-refractivity contribution >= 4 is 28.5 Å². The topological polar surface area (TPSA) is 88.1 Å². The number of pyridine rings is 2. The van der Waals surface area contributed by atoms with Gasteiger partial charge in [-0.2, -0.15) is 0 Å². The molecule has 0 saturated carbocycles. The summed E-state index contributed by atoms with van der Waals surface area (Å²) in [6.07, 6.45) is 3.92. The van der Waals surface area contributed by atoms with E-state index in [1.165, 1.54) is 6.07 Å². The largest absolute Gasteiger partial charge is 0.495 e. The standard InChI is InChI=1S/C21H16ClN3O3/c1-28-19-9-14-15(8-13-5-2-6-17(24-13)21(26)27)20(12-4-3-7-23-11-12)25-18(14)10-16(19)22/h2-7,9-11,25H,8H2,1H3,(H,26,27). The van der Waals surface area contributed by atoms with Crippen LogP contribution < -0.4 is 4.74 Å². The fraction of sp³-hybridized carbons (Fsp3) is 0.0952. The lowest BCUT2D eigenvalue weighted by Gasteiger charge is -2.07. The molecule has 4 aromatic rings. The lowest BCUT2D eigenvalue weighted by molar-refractivity contribution is 0.0690. The van der Waals surface area contributed by atoms with Crippen molar-refractivity contribution in [2.24, 2.45) is 0 Å². The third-order valence-electron chi connectivity index (χ3n) is 4.51. The highest BCUT2D eigenvalue weighted by Crippen LogP contribution is 2.37. The minimum atomic E-state index is -1.05. The van der Waals surface area contributed by atoms with E-state index in [9.17, 15) is 9.90 Å². The molecule has 140 valence electrons. The Morgan fingerprint density at radius 2 is 2.11 bits per heavy atom. The smallest absolute Gasteiger partial charge is 0.354 e. The van der Waals surface area contributed by atoms with Gasteiger partial charge < -0.3 is 14.8 Å². The lowest BCUT2D eigenvalue weighted by Crippen LogP contribution is -2.03. The molecule has 4 rings (SSSR count). The second-order valence-electron chi connectivity index (χ2n) is 6.25. The molecule has 0 aliphatic rings. The summed E-state index contributed by atoms with van der Waals surface area (Å²) in [5.41, 5.74) is 4.29. The Balaban J connectivity index is 1.91. The highest BCUT2D eigenvalue weighted by molar-refractivity contribution is 6.32. The van der Waals surface area contributed by atoms with Crippen LogP contribution in [0.1, 0.15) is 21.7 Å². The number of aromatic amines is 1. The van der Waals surface area contributed by atoms with Crippen molar-refractivity contribution in [3.63, 3.8) is 0 Å². The van der Waals surface area contributed by atoms with E-state index in [4.69, 9.17) is 16.3 Å². The third-order valence-corrected chi connectivity index (χ3v) is 4.81. The summed E-state index contributed by atoms with van der Waals surface area (Å²) < 4.78 is 5.37. The lowest BCUT2D eigenvalue weighted by atomic mass is 10.0. The van der Waals surface area contributed by atoms with Crippen molar-refractivity contribution in [2.75, 3.05) is 7.11 Å². The second-order valence-corrected chi connectivity index (χ2v) is 6.66. The Morgan fingerprint density at radius 1 is 1.25 bits per heavy atom. The molecule has 0 saturated heterocycles. The number of aromatic carboxylic acids is 1. The predicted octanol–water partition coefficient (Wildman–Crippen LogP) is 4.58. The maximum absolute atomic E-state index is 11.3. The van der Waals surface area contributed by atoms with E-state index in [0.717, 1.165) is 27.7 Å². The van der Waals surface area contributed by atoms with Gasteiger partial charge in [0.1, 0.15) is 11.4 Å². The van der Waals surface area contributed by atoms with Crippen LogP contribution in [0.3, 0.4) is 0 Å². The minimum Gasteiger partial charge on any atom is -0.495 e. The number of rotatable bonds is 5. The van der Waals surface area contributed by atoms with Crippen molar-refractivity contribution in [1.29, 1.82) is 0 Å². The number of H-pyrrole nitrogens is 1. The molecule has 0 aliphatic carbocycles. The van der Waals surface area contributed by atoms with Crippen LogP contribution in [0.25, 0.3) is 22.2 Å². The zero-order valence-corrected chi connectivity index (χ0v) is 15.7. The van der Waals surface area contributed by atoms with Gasteiger partial charge in [0.2, 0.25) is 0 Å². The number of hydrogen-bond acceptors (Lipinski definition) is 4. The molecule has 0 amide bonds. The van der Waals surface area contributed by atoms with Crippen LogP contribution in [-0.4, -0.2) is 33.1 Å². The summed E-state index contributed by atoms with van der Waals surface area (Å²) in [7, 11) is 1.57. The number of carboxylic acid groups (broad SMARTS) is 1. The predicted molar refractivity (Wildman–Crippen MR) is 107 cm³/mol. The van der Waals surface area contributed by atoms with Gasteiger partial charge in [0.25, 0.3) is 0 Å². The number of aromatic nitrogens is 3. The van der Waals surface area contributed by atoms with Crippen molar-refractivity contribution in [3.05, 3.63) is 76.8 Å². The molecule has 0 bridgehead atoms. The maximum atomic E-state index is 11.3. The number of methoxy groups -OCH3 is 1. The quantitative estimate of drug-likeness (QED) is 0.518. The molecule has 2 N–H and O–H groups in total. The number of carboxylic acids is 1. The molecule has 28 heavy (non-hydrogen) atoms. The molecule has 0 atom stereocenters. The highest BCUT2D eigenvalue weighted by Gasteiger charge is 2.17. The van der Waals surface area contributed by atoms with Crippen molar-refractivity contribution in [3.8, 4) is 17.0 Å². The van der Waals surface area contributed by atoms with Gasteiger partial charge in [-0.1, -0.05) is 17.7 Å². The summed E-state index contributed by atoms with van der Waals surface area (Å²) in [5.74, 6) is -0.485. The summed E-state index contributed by atoms with van der Waals surface area (Å²) in [5, 5.41) is 10.7. The summed E-state index contributed by atoms with van der Waals surface area (Å²) in [6, 6.07) is 12.5. The number of halogens is 1. The van der Waals surface area contributed by atoms with Crippen LogP contribution in [0.2, 0.25) is 5.02 Å². The van der Waals surface area contributed by atoms with Crippen LogP contribution in [0.5, 0.6) is 5.75 Å². The van der Waals surface area contributed by atoms with Crippen LogP contribution >= 0.6 is 11.6 Å². The third kappa shape index (κ3) is 3.30. The van der Waals surface area contributed by atoms with E-state index in [-0.39, 0.29) is 5.69 Å². The Morgan fingerprint density at radius 3 is 2.82 bits per heavy atom. The first-order chi connectivity index (χ1) is 13.6. The van der Waals surface area contributed by atoms with Gasteiger partial charge in [0.15, 0.2) is 0 Å². The molecule has 0 radical (unpaired) electrons. The number of benzene rings is 1. The summed E-state index contributed by atoms with van der Waals surface area (Å²) in [4.78, 5) is 23.1. The van der Waals surface area contributed by atoms with E-state index in [0.29, 0.717) is 22.9 Å². The van der Waals surface area contributed by atoms with E-state index >= 15 is 0 Å². The molecule has 0 unspecified atom stereocenters. The molecule has 1 aromatic carbocycles. The first-order valence-corrected chi connectivity index (χ1v) is 8.92. The number of ether oxygens (including phenoxy) is 1. The van der Waals surface area contributed by atoms with Crippen LogP contribution in [-0.2, 0) is 6.42 Å². The first kappa shape index (κ1) is 18.0. The van der Waals surface area contributed by atoms with Gasteiger partial charge in [0.05, 0.1) is 17.8 Å². The number of nitrogens with zero attached hydrogens (tertiary/aromatic N) is 2. The number of hydrogen-bond donors (Lipinski definition) is 2. The van der Waals surface area contributed by atoms with Crippen LogP contribution in [0, 0.1) is 0 Å². The second kappa shape index (κ2) is 7.32. The van der Waals surface area contributed by atoms with E-state index in [1.807, 2.05) is 30.3 Å². The molecule has 6 nitrogen and oxygen atoms in total. The molecule has 0 fully saturated rings. The Kier molecular flexibility index (Phi) is 4.71. The van der Waals surface area contributed by atoms with Gasteiger partial charge in [-0.3, -0.25) is 4.98 Å². The summed E-state index contributed by atoms with van der Waals surface area (Å²) in [6.45, 7) is 0. The van der Waals surface area contributed by atoms with Crippen molar-refractivity contribution < 1.29 is 14.6 Å². The van der Waals surface area contributed by atoms with Gasteiger partial charge >= 0.3 is 5.97 Å². The van der Waals surface area contributed by atoms with Gasteiger partial charge in [-0.15, -0.1) is 0 Å². The number of carbonyl (C=O) groups is 1. The van der Waals surface area contributed by atoms with Crippen molar-refractivity contribution in [1.82, 2.24) is 15.0 Å². The average Bonchev–Trinajstić information content (AvgIpc) is 3.05. The monoisotopic (exact) mass is 393 g/mol. The number of nitrogens with one attached hydrogen (secondary N) is 1. The maximum Gasteiger partial charge on any atom is 0.354 e. The molecule has 7 heteroatoms. The Bertz CT molecular complexity index is 1170. The molecular weight excluding hydrogens is 378 g/mol.